The molecule has 1 aliphatic heterocycles. The van der Waals surface area contributed by atoms with Crippen molar-refractivity contribution in [3.63, 3.8) is 0 Å². The van der Waals surface area contributed by atoms with Crippen LogP contribution in [-0.2, 0) is 16.1 Å². The van der Waals surface area contributed by atoms with Gasteiger partial charge >= 0.3 is 0 Å². The first kappa shape index (κ1) is 21.7. The van der Waals surface area contributed by atoms with Crippen molar-refractivity contribution in [2.45, 2.75) is 58.2 Å². The molecule has 1 aromatic carbocycles. The Morgan fingerprint density at radius 3 is 2.81 bits per heavy atom. The minimum atomic E-state index is -1.11. The minimum absolute atomic E-state index is 0.136. The van der Waals surface area contributed by atoms with Gasteiger partial charge in [0.25, 0.3) is 5.91 Å². The number of carbonyl (C=O) groups excluding carboxylic acids is 2. The molecule has 3 atom stereocenters. The number of halogens is 1. The van der Waals surface area contributed by atoms with Crippen LogP contribution in [-0.4, -0.2) is 60.2 Å². The number of aliphatic hydroxyl groups excluding tert-OH is 1. The van der Waals surface area contributed by atoms with E-state index in [-0.39, 0.29) is 29.7 Å². The first-order valence-electron chi connectivity index (χ1n) is 10.4. The fourth-order valence-corrected chi connectivity index (χ4v) is 4.74. The highest BCUT2D eigenvalue weighted by molar-refractivity contribution is 6.30. The summed E-state index contributed by atoms with van der Waals surface area (Å²) in [4.78, 5) is 27.8. The maximum atomic E-state index is 13.2. The van der Waals surface area contributed by atoms with Gasteiger partial charge in [0, 0.05) is 18.1 Å². The standard InChI is InChI=1S/C21H27ClN6O3/c1-20(2,3)10-17(29)18(30)27-7-6-14-9-21(14,27)19(31)23-11-13-8-15(22)4-5-16(13)28-12-24-25-26-28/h4-5,8,12,14,17,29H,6-7,9-11H2,1-3H3,(H,23,31)/t14-,17-,21+/m1/s1. The maximum absolute atomic E-state index is 13.2. The van der Waals surface area contributed by atoms with Crippen LogP contribution in [0.3, 0.4) is 0 Å². The van der Waals surface area contributed by atoms with Crippen LogP contribution >= 0.6 is 11.6 Å². The lowest BCUT2D eigenvalue weighted by Crippen LogP contribution is -2.53. The monoisotopic (exact) mass is 446 g/mol. The number of tetrazole rings is 1. The molecule has 2 fully saturated rings. The Kier molecular flexibility index (Phi) is 5.51. The molecule has 4 rings (SSSR count). The normalized spacial score (nSPS) is 23.4. The Morgan fingerprint density at radius 1 is 1.39 bits per heavy atom. The van der Waals surface area contributed by atoms with Crippen molar-refractivity contribution >= 4 is 23.4 Å². The van der Waals surface area contributed by atoms with Crippen LogP contribution in [0.15, 0.2) is 24.5 Å². The summed E-state index contributed by atoms with van der Waals surface area (Å²) in [5.41, 5.74) is 0.417. The lowest BCUT2D eigenvalue weighted by molar-refractivity contribution is -0.148. The summed E-state index contributed by atoms with van der Waals surface area (Å²) in [7, 11) is 0. The van der Waals surface area contributed by atoms with E-state index in [1.807, 2.05) is 20.8 Å². The van der Waals surface area contributed by atoms with Crippen LogP contribution < -0.4 is 5.32 Å². The zero-order valence-corrected chi connectivity index (χ0v) is 18.6. The number of rotatable bonds is 6. The summed E-state index contributed by atoms with van der Waals surface area (Å²) in [6.45, 7) is 6.64. The number of hydrogen-bond acceptors (Lipinski definition) is 6. The highest BCUT2D eigenvalue weighted by Crippen LogP contribution is 2.56. The Bertz CT molecular complexity index is 989. The SMILES string of the molecule is CC(C)(C)C[C@@H](O)C(=O)N1CC[C@@H]2C[C@@]21C(=O)NCc1cc(Cl)ccc1-n1cnnn1. The molecule has 31 heavy (non-hydrogen) atoms. The average molecular weight is 447 g/mol. The Hall–Kier alpha value is -2.52. The summed E-state index contributed by atoms with van der Waals surface area (Å²) in [6, 6.07) is 5.27. The van der Waals surface area contributed by atoms with E-state index in [2.05, 4.69) is 20.8 Å². The highest BCUT2D eigenvalue weighted by Gasteiger charge is 2.68. The maximum Gasteiger partial charge on any atom is 0.252 e. The second-order valence-electron chi connectivity index (χ2n) is 9.59. The predicted molar refractivity (Wildman–Crippen MR) is 113 cm³/mol. The van der Waals surface area contributed by atoms with Crippen LogP contribution in [0.4, 0.5) is 0 Å². The van der Waals surface area contributed by atoms with Crippen molar-refractivity contribution < 1.29 is 14.7 Å². The van der Waals surface area contributed by atoms with E-state index < -0.39 is 11.6 Å². The quantitative estimate of drug-likeness (QED) is 0.698. The molecule has 10 heteroatoms. The van der Waals surface area contributed by atoms with Gasteiger partial charge in [-0.05, 0) is 64.8 Å². The van der Waals surface area contributed by atoms with E-state index >= 15 is 0 Å². The number of benzene rings is 1. The third-order valence-electron chi connectivity index (χ3n) is 6.08. The first-order valence-corrected chi connectivity index (χ1v) is 10.8. The van der Waals surface area contributed by atoms with Gasteiger partial charge in [0.05, 0.1) is 5.69 Å². The molecule has 1 saturated carbocycles. The number of nitrogens with one attached hydrogen (secondary N) is 1. The molecular formula is C21H27ClN6O3. The van der Waals surface area contributed by atoms with Crippen molar-refractivity contribution in [1.29, 1.82) is 0 Å². The molecule has 2 N–H and O–H groups in total. The summed E-state index contributed by atoms with van der Waals surface area (Å²) in [5, 5.41) is 25.2. The summed E-state index contributed by atoms with van der Waals surface area (Å²) in [6.07, 6.45) is 2.11. The smallest absolute Gasteiger partial charge is 0.252 e. The molecule has 1 aromatic heterocycles. The van der Waals surface area contributed by atoms with Crippen molar-refractivity contribution in [3.05, 3.63) is 35.1 Å². The fraction of sp³-hybridized carbons (Fsp3) is 0.571. The van der Waals surface area contributed by atoms with Crippen LogP contribution in [0.5, 0.6) is 0 Å². The van der Waals surface area contributed by atoms with E-state index in [1.54, 1.807) is 23.1 Å². The zero-order chi connectivity index (χ0) is 22.4. The summed E-state index contributed by atoms with van der Waals surface area (Å²) >= 11 is 6.15. The Labute approximate surface area is 185 Å². The lowest BCUT2D eigenvalue weighted by Gasteiger charge is -2.31. The number of aliphatic hydroxyl groups is 1. The fourth-order valence-electron chi connectivity index (χ4n) is 4.55. The molecular weight excluding hydrogens is 420 g/mol. The average Bonchev–Trinajstić information content (AvgIpc) is 3.04. The molecule has 0 spiro atoms. The summed E-state index contributed by atoms with van der Waals surface area (Å²) < 4.78 is 1.50. The number of piperidine rings is 1. The van der Waals surface area contributed by atoms with Gasteiger partial charge in [-0.2, -0.15) is 0 Å². The van der Waals surface area contributed by atoms with Crippen LogP contribution in [0.2, 0.25) is 5.02 Å². The molecule has 2 heterocycles. The zero-order valence-electron chi connectivity index (χ0n) is 17.9. The highest BCUT2D eigenvalue weighted by atomic mass is 35.5. The molecule has 0 radical (unpaired) electrons. The molecule has 1 aliphatic carbocycles. The number of hydrogen-bond donors (Lipinski definition) is 2. The molecule has 2 aromatic rings. The first-order chi connectivity index (χ1) is 14.6. The lowest BCUT2D eigenvalue weighted by atomic mass is 9.88. The molecule has 9 nitrogen and oxygen atoms in total. The summed E-state index contributed by atoms with van der Waals surface area (Å²) in [5.74, 6) is -0.423. The number of likely N-dealkylation sites (tertiary alicyclic amines) is 1. The second kappa shape index (κ2) is 7.87. The third kappa shape index (κ3) is 4.16. The van der Waals surface area contributed by atoms with Gasteiger partial charge < -0.3 is 15.3 Å². The van der Waals surface area contributed by atoms with Crippen LogP contribution in [0, 0.1) is 11.3 Å². The largest absolute Gasteiger partial charge is 0.383 e. The van der Waals surface area contributed by atoms with E-state index in [0.29, 0.717) is 30.1 Å². The third-order valence-corrected chi connectivity index (χ3v) is 6.32. The topological polar surface area (TPSA) is 113 Å². The number of nitrogens with zero attached hydrogens (tertiary/aromatic N) is 5. The van der Waals surface area contributed by atoms with E-state index in [0.717, 1.165) is 12.0 Å². The van der Waals surface area contributed by atoms with Gasteiger partial charge in [-0.1, -0.05) is 32.4 Å². The molecule has 0 bridgehead atoms. The van der Waals surface area contributed by atoms with E-state index in [4.69, 9.17) is 11.6 Å². The Morgan fingerprint density at radius 2 is 2.16 bits per heavy atom. The molecule has 2 amide bonds. The molecule has 166 valence electrons. The van der Waals surface area contributed by atoms with Gasteiger partial charge in [0.2, 0.25) is 5.91 Å². The van der Waals surface area contributed by atoms with Crippen molar-refractivity contribution in [1.82, 2.24) is 30.4 Å². The molecule has 1 saturated heterocycles. The van der Waals surface area contributed by atoms with Gasteiger partial charge in [-0.15, -0.1) is 5.10 Å². The van der Waals surface area contributed by atoms with E-state index in [1.165, 1.54) is 11.0 Å². The molecule has 2 aliphatic rings. The molecule has 0 unspecified atom stereocenters. The Balaban J connectivity index is 1.48. The number of amides is 2. The number of fused-ring (bicyclic) bond motifs is 1. The van der Waals surface area contributed by atoms with Gasteiger partial charge in [0.15, 0.2) is 0 Å². The second-order valence-corrected chi connectivity index (χ2v) is 10.0. The van der Waals surface area contributed by atoms with Gasteiger partial charge in [-0.25, -0.2) is 4.68 Å². The minimum Gasteiger partial charge on any atom is -0.383 e. The van der Waals surface area contributed by atoms with Crippen molar-refractivity contribution in [2.24, 2.45) is 11.3 Å². The number of carbonyl (C=O) groups is 2. The van der Waals surface area contributed by atoms with Crippen LogP contribution in [0.25, 0.3) is 5.69 Å². The van der Waals surface area contributed by atoms with Gasteiger partial charge in [-0.3, -0.25) is 9.59 Å². The van der Waals surface area contributed by atoms with E-state index in [9.17, 15) is 14.7 Å². The predicted octanol–water partition coefficient (Wildman–Crippen LogP) is 1.72. The van der Waals surface area contributed by atoms with Crippen molar-refractivity contribution in [3.8, 4) is 5.69 Å². The number of aromatic nitrogens is 4. The van der Waals surface area contributed by atoms with Crippen molar-refractivity contribution in [2.75, 3.05) is 6.54 Å². The van der Waals surface area contributed by atoms with Crippen LogP contribution in [0.1, 0.15) is 45.6 Å². The van der Waals surface area contributed by atoms with Gasteiger partial charge in [0.1, 0.15) is 18.0 Å².